The summed E-state index contributed by atoms with van der Waals surface area (Å²) in [6, 6.07) is 11.2. The van der Waals surface area contributed by atoms with Gasteiger partial charge in [0.25, 0.3) is 5.92 Å². The molecule has 0 N–H and O–H groups in total. The van der Waals surface area contributed by atoms with E-state index >= 15 is 8.78 Å². The molecule has 0 amide bonds. The van der Waals surface area contributed by atoms with Gasteiger partial charge in [-0.3, -0.25) is 9.78 Å². The molecule has 1 aliphatic heterocycles. The van der Waals surface area contributed by atoms with Crippen molar-refractivity contribution in [2.45, 2.75) is 38.7 Å². The summed E-state index contributed by atoms with van der Waals surface area (Å²) in [7, 11) is 1.59. The van der Waals surface area contributed by atoms with Crippen molar-refractivity contribution in [2.75, 3.05) is 0 Å². The van der Waals surface area contributed by atoms with Gasteiger partial charge < -0.3 is 4.74 Å². The Hall–Kier alpha value is -3.20. The van der Waals surface area contributed by atoms with Crippen LogP contribution in [0, 0.1) is 23.2 Å². The highest BCUT2D eigenvalue weighted by atomic mass is 35.5. The molecular weight excluding hydrogens is 488 g/mol. The van der Waals surface area contributed by atoms with Crippen molar-refractivity contribution in [3.8, 4) is 11.1 Å². The Morgan fingerprint density at radius 3 is 2.67 bits per heavy atom. The molecule has 7 nitrogen and oxygen atoms in total. The molecule has 36 heavy (non-hydrogen) atoms. The number of nitrogens with zero attached hydrogens (tertiary/aromatic N) is 5. The molecule has 1 saturated heterocycles. The quantitative estimate of drug-likeness (QED) is 0.445. The number of esters is 1. The molecule has 2 fully saturated rings. The van der Waals surface area contributed by atoms with E-state index in [1.54, 1.807) is 32.3 Å². The molecule has 3 heterocycles. The standard InChI is InChI=1S/C26H26ClF2N5O2/c1-15-19(11-10-18-9-8-17(13-30-18)20-6-4-5-7-21(20)27)23-16(2)36-24(35)25(23,14-26(15,28)29)12-22-31-33-34(3)32-22/h4-11,13,15-16,19,23H,12,14H2,1-3H3/b11-10+/t15-,16+,19-,23?,25+/m0/s1. The summed E-state index contributed by atoms with van der Waals surface area (Å²) in [6.07, 6.45) is 4.00. The molecule has 1 aliphatic carbocycles. The van der Waals surface area contributed by atoms with E-state index in [9.17, 15) is 4.79 Å². The lowest BCUT2D eigenvalue weighted by Gasteiger charge is -2.47. The van der Waals surface area contributed by atoms with Crippen molar-refractivity contribution in [1.29, 1.82) is 0 Å². The van der Waals surface area contributed by atoms with Crippen molar-refractivity contribution in [1.82, 2.24) is 25.2 Å². The first-order chi connectivity index (χ1) is 17.1. The number of hydrogen-bond donors (Lipinski definition) is 0. The van der Waals surface area contributed by atoms with E-state index < -0.39 is 47.6 Å². The number of carbonyl (C=O) groups excluding carboxylic acids is 1. The van der Waals surface area contributed by atoms with Gasteiger partial charge in [0.2, 0.25) is 0 Å². The molecule has 5 rings (SSSR count). The molecule has 5 atom stereocenters. The number of halogens is 3. The third-order valence-electron chi connectivity index (χ3n) is 7.54. The molecule has 0 radical (unpaired) electrons. The molecule has 1 aromatic carbocycles. The number of benzene rings is 1. The van der Waals surface area contributed by atoms with E-state index in [-0.39, 0.29) is 12.2 Å². The van der Waals surface area contributed by atoms with Crippen LogP contribution < -0.4 is 0 Å². The molecule has 0 spiro atoms. The first-order valence-electron chi connectivity index (χ1n) is 11.8. The Kier molecular flexibility index (Phi) is 6.14. The number of fused-ring (bicyclic) bond motifs is 1. The first kappa shape index (κ1) is 24.5. The number of alkyl halides is 2. The molecule has 2 aliphatic rings. The second kappa shape index (κ2) is 9.03. The molecule has 0 bridgehead atoms. The number of allylic oxidation sites excluding steroid dienone is 1. The fraction of sp³-hybridized carbons (Fsp3) is 0.423. The molecular formula is C26H26ClF2N5O2. The maximum absolute atomic E-state index is 15.4. The molecule has 10 heteroatoms. The number of carbonyl (C=O) groups is 1. The Balaban J connectivity index is 1.47. The van der Waals surface area contributed by atoms with Crippen molar-refractivity contribution in [3.05, 3.63) is 65.2 Å². The van der Waals surface area contributed by atoms with E-state index in [4.69, 9.17) is 16.3 Å². The summed E-state index contributed by atoms with van der Waals surface area (Å²) >= 11 is 6.29. The highest BCUT2D eigenvalue weighted by Crippen LogP contribution is 2.60. The third-order valence-corrected chi connectivity index (χ3v) is 7.87. The number of ether oxygens (including phenoxy) is 1. The second-order valence-electron chi connectivity index (χ2n) is 9.78. The lowest BCUT2D eigenvalue weighted by atomic mass is 9.55. The predicted octanol–water partition coefficient (Wildman–Crippen LogP) is 5.02. The minimum Gasteiger partial charge on any atom is -0.462 e. The first-order valence-corrected chi connectivity index (χ1v) is 12.2. The monoisotopic (exact) mass is 513 g/mol. The largest absolute Gasteiger partial charge is 0.462 e. The third kappa shape index (κ3) is 4.19. The zero-order chi connectivity index (χ0) is 25.7. The lowest BCUT2D eigenvalue weighted by molar-refractivity contribution is -0.171. The summed E-state index contributed by atoms with van der Waals surface area (Å²) in [5.41, 5.74) is 0.898. The number of aromatic nitrogens is 5. The van der Waals surface area contributed by atoms with E-state index in [0.717, 1.165) is 11.1 Å². The summed E-state index contributed by atoms with van der Waals surface area (Å²) < 4.78 is 36.4. The van der Waals surface area contributed by atoms with Crippen molar-refractivity contribution < 1.29 is 18.3 Å². The van der Waals surface area contributed by atoms with Crippen LogP contribution in [0.2, 0.25) is 5.02 Å². The SMILES string of the molecule is C[C@H]1OC(=O)[C@]2(Cc3nnn(C)n3)CC(F)(F)[C@@H](C)[C@H](/C=C/c3ccc(-c4ccccc4Cl)cn3)C12. The van der Waals surface area contributed by atoms with E-state index in [2.05, 4.69) is 20.4 Å². The van der Waals surface area contributed by atoms with Gasteiger partial charge in [0.15, 0.2) is 5.82 Å². The van der Waals surface area contributed by atoms with Gasteiger partial charge in [-0.2, -0.15) is 4.80 Å². The molecule has 1 unspecified atom stereocenters. The normalized spacial score (nSPS) is 29.3. The molecule has 2 aromatic heterocycles. The number of cyclic esters (lactones) is 1. The van der Waals surface area contributed by atoms with E-state index in [0.29, 0.717) is 10.7 Å². The van der Waals surface area contributed by atoms with Gasteiger partial charge in [0.1, 0.15) is 6.10 Å². The fourth-order valence-electron chi connectivity index (χ4n) is 5.77. The van der Waals surface area contributed by atoms with Gasteiger partial charge in [-0.25, -0.2) is 8.78 Å². The van der Waals surface area contributed by atoms with Crippen LogP contribution in [0.15, 0.2) is 48.7 Å². The van der Waals surface area contributed by atoms with Crippen LogP contribution in [-0.2, 0) is 23.0 Å². The minimum absolute atomic E-state index is 0.0495. The van der Waals surface area contributed by atoms with E-state index in [1.807, 2.05) is 36.4 Å². The van der Waals surface area contributed by atoms with Gasteiger partial charge >= 0.3 is 5.97 Å². The Labute approximate surface area is 212 Å². The Bertz CT molecular complexity index is 1310. The van der Waals surface area contributed by atoms with Crippen LogP contribution in [0.25, 0.3) is 17.2 Å². The zero-order valence-electron chi connectivity index (χ0n) is 20.1. The summed E-state index contributed by atoms with van der Waals surface area (Å²) in [5.74, 6) is -5.56. The highest BCUT2D eigenvalue weighted by molar-refractivity contribution is 6.33. The van der Waals surface area contributed by atoms with E-state index in [1.165, 1.54) is 11.7 Å². The number of rotatable bonds is 5. The Morgan fingerprint density at radius 2 is 2.00 bits per heavy atom. The van der Waals surface area contributed by atoms with Crippen LogP contribution in [0.1, 0.15) is 31.8 Å². The fourth-order valence-corrected chi connectivity index (χ4v) is 6.02. The average molecular weight is 514 g/mol. The van der Waals surface area contributed by atoms with Gasteiger partial charge in [-0.05, 0) is 36.3 Å². The number of pyridine rings is 1. The highest BCUT2D eigenvalue weighted by Gasteiger charge is 2.68. The number of hydrogen-bond acceptors (Lipinski definition) is 6. The molecule has 188 valence electrons. The summed E-state index contributed by atoms with van der Waals surface area (Å²) in [6.45, 7) is 3.30. The predicted molar refractivity (Wildman–Crippen MR) is 130 cm³/mol. The summed E-state index contributed by atoms with van der Waals surface area (Å²) in [5, 5.41) is 12.5. The zero-order valence-corrected chi connectivity index (χ0v) is 20.9. The van der Waals surface area contributed by atoms with Gasteiger partial charge in [-0.15, -0.1) is 10.2 Å². The van der Waals surface area contributed by atoms with Crippen LogP contribution in [0.3, 0.4) is 0 Å². The summed E-state index contributed by atoms with van der Waals surface area (Å²) in [4.78, 5) is 18.8. The van der Waals surface area contributed by atoms with Gasteiger partial charge in [0, 0.05) is 47.0 Å². The van der Waals surface area contributed by atoms with Crippen molar-refractivity contribution in [2.24, 2.45) is 30.2 Å². The number of aryl methyl sites for hydroxylation is 1. The maximum atomic E-state index is 15.4. The average Bonchev–Trinajstić information content (AvgIpc) is 3.34. The van der Waals surface area contributed by atoms with Crippen LogP contribution in [-0.4, -0.2) is 43.2 Å². The van der Waals surface area contributed by atoms with Crippen molar-refractivity contribution in [3.63, 3.8) is 0 Å². The molecule has 3 aromatic rings. The van der Waals surface area contributed by atoms with Gasteiger partial charge in [-0.1, -0.05) is 48.9 Å². The minimum atomic E-state index is -3.09. The number of tetrazole rings is 1. The second-order valence-corrected chi connectivity index (χ2v) is 10.2. The molecule has 1 saturated carbocycles. The maximum Gasteiger partial charge on any atom is 0.313 e. The van der Waals surface area contributed by atoms with Crippen LogP contribution >= 0.6 is 11.6 Å². The van der Waals surface area contributed by atoms with Crippen molar-refractivity contribution >= 4 is 23.6 Å². The van der Waals surface area contributed by atoms with Crippen LogP contribution in [0.5, 0.6) is 0 Å². The topological polar surface area (TPSA) is 82.8 Å². The Morgan fingerprint density at radius 1 is 1.22 bits per heavy atom. The lowest BCUT2D eigenvalue weighted by Crippen LogP contribution is -2.54. The van der Waals surface area contributed by atoms with Crippen LogP contribution in [0.4, 0.5) is 8.78 Å². The van der Waals surface area contributed by atoms with Gasteiger partial charge in [0.05, 0.1) is 18.2 Å². The smallest absolute Gasteiger partial charge is 0.313 e.